The summed E-state index contributed by atoms with van der Waals surface area (Å²) in [5.41, 5.74) is 0. The van der Waals surface area contributed by atoms with Gasteiger partial charge in [0, 0.05) is 0 Å². The molecule has 0 amide bonds. The smallest absolute Gasteiger partial charge is 0.129 e. The fourth-order valence-corrected chi connectivity index (χ4v) is 1.38. The van der Waals surface area contributed by atoms with Crippen molar-refractivity contribution in [2.45, 2.75) is 27.1 Å². The van der Waals surface area contributed by atoms with Gasteiger partial charge < -0.3 is 13.6 Å². The molecule has 0 saturated heterocycles. The lowest BCUT2D eigenvalue weighted by atomic mass is 10.4. The summed E-state index contributed by atoms with van der Waals surface area (Å²) < 4.78 is 16.2. The van der Waals surface area contributed by atoms with Gasteiger partial charge in [-0.3, -0.25) is 0 Å². The normalized spacial score (nSPS) is 10.8. The van der Waals surface area contributed by atoms with Gasteiger partial charge in [0.2, 0.25) is 0 Å². The topological polar surface area (TPSA) is 35.5 Å². The lowest BCUT2D eigenvalue weighted by Crippen LogP contribution is -1.91. The highest BCUT2D eigenvalue weighted by molar-refractivity contribution is 5.05. The maximum Gasteiger partial charge on any atom is 0.129 e. The molecule has 3 heteroatoms. The van der Waals surface area contributed by atoms with E-state index in [0.717, 1.165) is 23.0 Å². The van der Waals surface area contributed by atoms with Crippen molar-refractivity contribution in [2.75, 3.05) is 0 Å². The lowest BCUT2D eigenvalue weighted by molar-refractivity contribution is 0.0793. The van der Waals surface area contributed by atoms with Crippen LogP contribution in [0.5, 0.6) is 0 Å². The second kappa shape index (κ2) is 4.36. The molecule has 0 atom stereocenters. The van der Waals surface area contributed by atoms with Crippen LogP contribution in [0.1, 0.15) is 23.0 Å². The molecule has 80 valence electrons. The Hall–Kier alpha value is -1.48. The summed E-state index contributed by atoms with van der Waals surface area (Å²) in [6.45, 7) is 4.79. The van der Waals surface area contributed by atoms with Crippen molar-refractivity contribution in [3.8, 4) is 0 Å². The number of aryl methyl sites for hydroxylation is 2. The van der Waals surface area contributed by atoms with Gasteiger partial charge in [0.1, 0.15) is 36.3 Å². The van der Waals surface area contributed by atoms with Crippen molar-refractivity contribution in [3.63, 3.8) is 0 Å². The summed E-state index contributed by atoms with van der Waals surface area (Å²) in [5, 5.41) is 0. The van der Waals surface area contributed by atoms with Crippen LogP contribution in [-0.2, 0) is 18.0 Å². The van der Waals surface area contributed by atoms with E-state index in [-0.39, 0.29) is 0 Å². The molecule has 0 aliphatic rings. The van der Waals surface area contributed by atoms with Crippen molar-refractivity contribution in [2.24, 2.45) is 0 Å². The minimum absolute atomic E-state index is 0.480. The maximum absolute atomic E-state index is 5.44. The van der Waals surface area contributed by atoms with Crippen molar-refractivity contribution in [1.29, 1.82) is 0 Å². The summed E-state index contributed by atoms with van der Waals surface area (Å²) in [5.74, 6) is 3.50. The first-order valence-corrected chi connectivity index (χ1v) is 4.92. The predicted molar refractivity (Wildman–Crippen MR) is 55.4 cm³/mol. The predicted octanol–water partition coefficient (Wildman–Crippen LogP) is 3.21. The van der Waals surface area contributed by atoms with Crippen molar-refractivity contribution in [3.05, 3.63) is 47.3 Å². The molecule has 0 aromatic carbocycles. The minimum atomic E-state index is 0.480. The first-order valence-electron chi connectivity index (χ1n) is 4.92. The molecule has 0 aliphatic carbocycles. The fourth-order valence-electron chi connectivity index (χ4n) is 1.38. The van der Waals surface area contributed by atoms with E-state index >= 15 is 0 Å². The molecule has 3 nitrogen and oxygen atoms in total. The molecule has 0 saturated carbocycles. The number of hydrogen-bond acceptors (Lipinski definition) is 3. The molecule has 0 radical (unpaired) electrons. The molecule has 0 aliphatic heterocycles. The number of hydrogen-bond donors (Lipinski definition) is 0. The molecule has 0 fully saturated rings. The third-order valence-corrected chi connectivity index (χ3v) is 2.08. The standard InChI is InChI=1S/C12H14O3/c1-9-3-5-11(14-9)7-13-8-12-6-4-10(2)15-12/h3-6H,7-8H2,1-2H3. The third kappa shape index (κ3) is 2.73. The van der Waals surface area contributed by atoms with Gasteiger partial charge in [0.15, 0.2) is 0 Å². The van der Waals surface area contributed by atoms with Crippen LogP contribution in [0.25, 0.3) is 0 Å². The highest BCUT2D eigenvalue weighted by atomic mass is 16.5. The Morgan fingerprint density at radius 3 is 1.67 bits per heavy atom. The third-order valence-electron chi connectivity index (χ3n) is 2.08. The zero-order valence-electron chi connectivity index (χ0n) is 8.95. The van der Waals surface area contributed by atoms with Gasteiger partial charge >= 0.3 is 0 Å². The van der Waals surface area contributed by atoms with E-state index in [0.29, 0.717) is 13.2 Å². The van der Waals surface area contributed by atoms with Crippen LogP contribution in [0.2, 0.25) is 0 Å². The van der Waals surface area contributed by atoms with Gasteiger partial charge in [-0.1, -0.05) is 0 Å². The second-order valence-electron chi connectivity index (χ2n) is 3.52. The fraction of sp³-hybridized carbons (Fsp3) is 0.333. The van der Waals surface area contributed by atoms with Crippen LogP contribution in [0.4, 0.5) is 0 Å². The summed E-state index contributed by atoms with van der Waals surface area (Å²) in [6, 6.07) is 7.69. The molecular formula is C12H14O3. The molecule has 2 aromatic rings. The second-order valence-corrected chi connectivity index (χ2v) is 3.52. The van der Waals surface area contributed by atoms with Crippen LogP contribution < -0.4 is 0 Å². The number of ether oxygens (including phenoxy) is 1. The molecule has 2 rings (SSSR count). The zero-order valence-corrected chi connectivity index (χ0v) is 8.95. The minimum Gasteiger partial charge on any atom is -0.464 e. The van der Waals surface area contributed by atoms with E-state index in [2.05, 4.69) is 0 Å². The molecule has 2 heterocycles. The first-order chi connectivity index (χ1) is 7.24. The van der Waals surface area contributed by atoms with Gasteiger partial charge in [0.05, 0.1) is 0 Å². The molecule has 15 heavy (non-hydrogen) atoms. The lowest BCUT2D eigenvalue weighted by Gasteiger charge is -1.98. The highest BCUT2D eigenvalue weighted by Gasteiger charge is 2.01. The summed E-state index contributed by atoms with van der Waals surface area (Å²) in [7, 11) is 0. The highest BCUT2D eigenvalue weighted by Crippen LogP contribution is 2.11. The van der Waals surface area contributed by atoms with Gasteiger partial charge in [-0.05, 0) is 38.1 Å². The van der Waals surface area contributed by atoms with Crippen LogP contribution in [0.15, 0.2) is 33.1 Å². The number of furan rings is 2. The van der Waals surface area contributed by atoms with Gasteiger partial charge in [-0.2, -0.15) is 0 Å². The van der Waals surface area contributed by atoms with E-state index in [4.69, 9.17) is 13.6 Å². The SMILES string of the molecule is Cc1ccc(COCc2ccc(C)o2)o1. The van der Waals surface area contributed by atoms with E-state index in [1.54, 1.807) is 0 Å². The average molecular weight is 206 g/mol. The Balaban J connectivity index is 1.80. The molecule has 0 unspecified atom stereocenters. The summed E-state index contributed by atoms with van der Waals surface area (Å²) in [6.07, 6.45) is 0. The van der Waals surface area contributed by atoms with Crippen molar-refractivity contribution >= 4 is 0 Å². The van der Waals surface area contributed by atoms with Crippen LogP contribution in [0, 0.1) is 13.8 Å². The van der Waals surface area contributed by atoms with Crippen LogP contribution >= 0.6 is 0 Å². The Morgan fingerprint density at radius 1 is 0.867 bits per heavy atom. The van der Waals surface area contributed by atoms with Crippen molar-refractivity contribution in [1.82, 2.24) is 0 Å². The van der Waals surface area contributed by atoms with Gasteiger partial charge in [-0.15, -0.1) is 0 Å². The number of rotatable bonds is 4. The monoisotopic (exact) mass is 206 g/mol. The van der Waals surface area contributed by atoms with E-state index in [1.807, 2.05) is 38.1 Å². The molecule has 2 aromatic heterocycles. The van der Waals surface area contributed by atoms with Gasteiger partial charge in [0.25, 0.3) is 0 Å². The summed E-state index contributed by atoms with van der Waals surface area (Å²) >= 11 is 0. The largest absolute Gasteiger partial charge is 0.464 e. The average Bonchev–Trinajstić information content (AvgIpc) is 2.76. The molecule has 0 bridgehead atoms. The molecular weight excluding hydrogens is 192 g/mol. The van der Waals surface area contributed by atoms with Gasteiger partial charge in [-0.25, -0.2) is 0 Å². The van der Waals surface area contributed by atoms with Crippen molar-refractivity contribution < 1.29 is 13.6 Å². The van der Waals surface area contributed by atoms with Crippen LogP contribution in [0.3, 0.4) is 0 Å². The Kier molecular flexibility index (Phi) is 2.92. The summed E-state index contributed by atoms with van der Waals surface area (Å²) in [4.78, 5) is 0. The molecule has 0 N–H and O–H groups in total. The Bertz CT molecular complexity index is 385. The van der Waals surface area contributed by atoms with E-state index < -0.39 is 0 Å². The van der Waals surface area contributed by atoms with E-state index in [9.17, 15) is 0 Å². The Morgan fingerprint density at radius 2 is 1.33 bits per heavy atom. The maximum atomic E-state index is 5.44. The zero-order chi connectivity index (χ0) is 10.7. The Labute approximate surface area is 88.7 Å². The first kappa shape index (κ1) is 10.1. The van der Waals surface area contributed by atoms with Crippen LogP contribution in [-0.4, -0.2) is 0 Å². The van der Waals surface area contributed by atoms with E-state index in [1.165, 1.54) is 0 Å². The molecule has 0 spiro atoms. The quantitative estimate of drug-likeness (QED) is 0.770.